The van der Waals surface area contributed by atoms with Gasteiger partial charge in [-0.2, -0.15) is 0 Å². The minimum atomic E-state index is 0.0687. The number of hydrogen-bond donors (Lipinski definition) is 3. The summed E-state index contributed by atoms with van der Waals surface area (Å²) in [7, 11) is 4.07. The highest BCUT2D eigenvalue weighted by Crippen LogP contribution is 2.23. The Hall–Kier alpha value is -2.20. The first-order chi connectivity index (χ1) is 9.54. The maximum Gasteiger partial charge on any atom is 0.124 e. The van der Waals surface area contributed by atoms with Crippen molar-refractivity contribution in [3.8, 4) is 11.5 Å². The van der Waals surface area contributed by atoms with Gasteiger partial charge in [0, 0.05) is 30.4 Å². The van der Waals surface area contributed by atoms with Crippen molar-refractivity contribution in [2.45, 2.75) is 13.1 Å². The molecule has 20 heavy (non-hydrogen) atoms. The normalized spacial score (nSPS) is 10.8. The zero-order chi connectivity index (χ0) is 14.5. The van der Waals surface area contributed by atoms with E-state index < -0.39 is 0 Å². The van der Waals surface area contributed by atoms with Crippen LogP contribution in [0.3, 0.4) is 0 Å². The van der Waals surface area contributed by atoms with E-state index in [1.54, 1.807) is 12.1 Å². The third kappa shape index (κ3) is 3.90. The molecule has 4 nitrogen and oxygen atoms in total. The number of anilines is 1. The second-order valence-electron chi connectivity index (χ2n) is 5.10. The average Bonchev–Trinajstić information content (AvgIpc) is 2.37. The van der Waals surface area contributed by atoms with Crippen molar-refractivity contribution < 1.29 is 10.2 Å². The Morgan fingerprint density at radius 3 is 2.55 bits per heavy atom. The first-order valence-corrected chi connectivity index (χ1v) is 6.53. The van der Waals surface area contributed by atoms with E-state index in [1.165, 1.54) is 11.6 Å². The molecule has 106 valence electrons. The molecule has 0 aliphatic heterocycles. The van der Waals surface area contributed by atoms with E-state index in [1.807, 2.05) is 26.2 Å². The highest BCUT2D eigenvalue weighted by Gasteiger charge is 2.03. The molecule has 0 amide bonds. The number of rotatable bonds is 5. The summed E-state index contributed by atoms with van der Waals surface area (Å²) in [4.78, 5) is 2.12. The SMILES string of the molecule is CN(C)Cc1cccc(NCc2ccc(O)cc2O)c1. The van der Waals surface area contributed by atoms with E-state index in [9.17, 15) is 10.2 Å². The Morgan fingerprint density at radius 1 is 1.05 bits per heavy atom. The topological polar surface area (TPSA) is 55.7 Å². The Kier molecular flexibility index (Phi) is 4.48. The molecule has 2 aromatic carbocycles. The molecule has 0 saturated carbocycles. The monoisotopic (exact) mass is 272 g/mol. The number of phenolic OH excluding ortho intramolecular Hbond substituents is 2. The van der Waals surface area contributed by atoms with Gasteiger partial charge in [0.2, 0.25) is 0 Å². The van der Waals surface area contributed by atoms with Gasteiger partial charge in [0.15, 0.2) is 0 Å². The average molecular weight is 272 g/mol. The molecule has 2 rings (SSSR count). The lowest BCUT2D eigenvalue weighted by molar-refractivity contribution is 0.402. The zero-order valence-electron chi connectivity index (χ0n) is 11.8. The van der Waals surface area contributed by atoms with Gasteiger partial charge in [-0.3, -0.25) is 0 Å². The van der Waals surface area contributed by atoms with Crippen molar-refractivity contribution in [2.75, 3.05) is 19.4 Å². The van der Waals surface area contributed by atoms with Gasteiger partial charge in [0.25, 0.3) is 0 Å². The summed E-state index contributed by atoms with van der Waals surface area (Å²) < 4.78 is 0. The molecule has 3 N–H and O–H groups in total. The van der Waals surface area contributed by atoms with Crippen LogP contribution in [0.1, 0.15) is 11.1 Å². The van der Waals surface area contributed by atoms with Crippen LogP contribution in [0.4, 0.5) is 5.69 Å². The summed E-state index contributed by atoms with van der Waals surface area (Å²) in [5.74, 6) is 0.168. The molecule has 0 heterocycles. The molecular formula is C16H20N2O2. The van der Waals surface area contributed by atoms with Gasteiger partial charge in [-0.25, -0.2) is 0 Å². The van der Waals surface area contributed by atoms with Crippen LogP contribution in [-0.2, 0) is 13.1 Å². The molecular weight excluding hydrogens is 252 g/mol. The van der Waals surface area contributed by atoms with E-state index in [2.05, 4.69) is 22.3 Å². The van der Waals surface area contributed by atoms with Crippen LogP contribution in [0, 0.1) is 0 Å². The first kappa shape index (κ1) is 14.2. The van der Waals surface area contributed by atoms with Gasteiger partial charge < -0.3 is 20.4 Å². The summed E-state index contributed by atoms with van der Waals surface area (Å²) >= 11 is 0. The smallest absolute Gasteiger partial charge is 0.124 e. The summed E-state index contributed by atoms with van der Waals surface area (Å²) in [6.07, 6.45) is 0. The molecule has 4 heteroatoms. The summed E-state index contributed by atoms with van der Waals surface area (Å²) in [5.41, 5.74) is 2.99. The van der Waals surface area contributed by atoms with Crippen LogP contribution >= 0.6 is 0 Å². The number of benzene rings is 2. The highest BCUT2D eigenvalue weighted by molar-refractivity contribution is 5.48. The third-order valence-corrected chi connectivity index (χ3v) is 2.98. The lowest BCUT2D eigenvalue weighted by atomic mass is 10.1. The van der Waals surface area contributed by atoms with Crippen LogP contribution in [0.25, 0.3) is 0 Å². The Labute approximate surface area is 119 Å². The van der Waals surface area contributed by atoms with Crippen LogP contribution in [0.2, 0.25) is 0 Å². The van der Waals surface area contributed by atoms with Crippen LogP contribution in [0.5, 0.6) is 11.5 Å². The minimum absolute atomic E-state index is 0.0687. The fourth-order valence-electron chi connectivity index (χ4n) is 2.04. The zero-order valence-corrected chi connectivity index (χ0v) is 11.8. The molecule has 0 atom stereocenters. The largest absolute Gasteiger partial charge is 0.508 e. The predicted molar refractivity (Wildman–Crippen MR) is 80.9 cm³/mol. The molecule has 0 aliphatic rings. The minimum Gasteiger partial charge on any atom is -0.508 e. The maximum atomic E-state index is 9.74. The van der Waals surface area contributed by atoms with Crippen molar-refractivity contribution in [2.24, 2.45) is 0 Å². The van der Waals surface area contributed by atoms with Crippen molar-refractivity contribution in [3.05, 3.63) is 53.6 Å². The van der Waals surface area contributed by atoms with Crippen molar-refractivity contribution >= 4 is 5.69 Å². The fraction of sp³-hybridized carbons (Fsp3) is 0.250. The molecule has 0 saturated heterocycles. The molecule has 0 spiro atoms. The lowest BCUT2D eigenvalue weighted by Gasteiger charge is -2.12. The molecule has 2 aromatic rings. The lowest BCUT2D eigenvalue weighted by Crippen LogP contribution is -2.10. The van der Waals surface area contributed by atoms with Gasteiger partial charge >= 0.3 is 0 Å². The third-order valence-electron chi connectivity index (χ3n) is 2.98. The second kappa shape index (κ2) is 6.30. The molecule has 0 fully saturated rings. The summed E-state index contributed by atoms with van der Waals surface area (Å²) in [6.45, 7) is 1.40. The van der Waals surface area contributed by atoms with Gasteiger partial charge in [0.05, 0.1) is 0 Å². The Morgan fingerprint density at radius 2 is 1.85 bits per heavy atom. The Bertz CT molecular complexity index is 582. The van der Waals surface area contributed by atoms with E-state index in [4.69, 9.17) is 0 Å². The second-order valence-corrected chi connectivity index (χ2v) is 5.10. The van der Waals surface area contributed by atoms with Crippen LogP contribution < -0.4 is 5.32 Å². The maximum absolute atomic E-state index is 9.74. The molecule has 0 bridgehead atoms. The van der Waals surface area contributed by atoms with Crippen molar-refractivity contribution in [1.29, 1.82) is 0 Å². The van der Waals surface area contributed by atoms with Gasteiger partial charge in [-0.05, 0) is 43.9 Å². The van der Waals surface area contributed by atoms with Gasteiger partial charge in [-0.1, -0.05) is 12.1 Å². The number of nitrogens with one attached hydrogen (secondary N) is 1. The molecule has 0 aromatic heterocycles. The first-order valence-electron chi connectivity index (χ1n) is 6.53. The van der Waals surface area contributed by atoms with E-state index in [-0.39, 0.29) is 11.5 Å². The number of aromatic hydroxyl groups is 2. The Balaban J connectivity index is 2.03. The standard InChI is InChI=1S/C16H20N2O2/c1-18(2)11-12-4-3-5-14(8-12)17-10-13-6-7-15(19)9-16(13)20/h3-9,17,19-20H,10-11H2,1-2H3. The van der Waals surface area contributed by atoms with Crippen molar-refractivity contribution in [3.63, 3.8) is 0 Å². The summed E-state index contributed by atoms with van der Waals surface area (Å²) in [5, 5.41) is 22.3. The quantitative estimate of drug-likeness (QED) is 0.783. The summed E-state index contributed by atoms with van der Waals surface area (Å²) in [6, 6.07) is 12.8. The molecule has 0 aliphatic carbocycles. The van der Waals surface area contributed by atoms with Crippen LogP contribution in [-0.4, -0.2) is 29.2 Å². The fourth-order valence-corrected chi connectivity index (χ4v) is 2.04. The molecule has 0 unspecified atom stereocenters. The van der Waals surface area contributed by atoms with E-state index in [0.717, 1.165) is 17.8 Å². The highest BCUT2D eigenvalue weighted by atomic mass is 16.3. The predicted octanol–water partition coefficient (Wildman–Crippen LogP) is 2.77. The van der Waals surface area contributed by atoms with Crippen molar-refractivity contribution in [1.82, 2.24) is 4.90 Å². The van der Waals surface area contributed by atoms with E-state index >= 15 is 0 Å². The van der Waals surface area contributed by atoms with E-state index in [0.29, 0.717) is 6.54 Å². The number of hydrogen-bond acceptors (Lipinski definition) is 4. The molecule has 0 radical (unpaired) electrons. The van der Waals surface area contributed by atoms with Gasteiger partial charge in [-0.15, -0.1) is 0 Å². The van der Waals surface area contributed by atoms with Gasteiger partial charge in [0.1, 0.15) is 11.5 Å². The number of nitrogens with zero attached hydrogens (tertiary/aromatic N) is 1. The number of phenols is 2. The van der Waals surface area contributed by atoms with Crippen LogP contribution in [0.15, 0.2) is 42.5 Å².